The molecule has 2 N–H and O–H groups in total. The lowest BCUT2D eigenvalue weighted by atomic mass is 10.1. The van der Waals surface area contributed by atoms with Gasteiger partial charge in [-0.1, -0.05) is 18.2 Å². The zero-order valence-electron chi connectivity index (χ0n) is 14.6. The van der Waals surface area contributed by atoms with Crippen molar-refractivity contribution in [2.24, 2.45) is 5.41 Å². The van der Waals surface area contributed by atoms with Crippen molar-refractivity contribution >= 4 is 5.91 Å². The molecule has 1 aromatic carbocycles. The Hall–Kier alpha value is -1.59. The summed E-state index contributed by atoms with van der Waals surface area (Å²) in [6.45, 7) is 3.99. The number of hydrogen-bond donors (Lipinski definition) is 2. The molecule has 1 aliphatic heterocycles. The number of hydrogen-bond acceptors (Lipinski definition) is 4. The molecular weight excluding hydrogens is 302 g/mol. The number of likely N-dealkylation sites (N-methyl/N-ethyl adjacent to an activating group) is 1. The van der Waals surface area contributed by atoms with E-state index in [4.69, 9.17) is 4.74 Å². The number of piperidine rings is 1. The fourth-order valence-electron chi connectivity index (χ4n) is 3.25. The van der Waals surface area contributed by atoms with Gasteiger partial charge < -0.3 is 15.4 Å². The summed E-state index contributed by atoms with van der Waals surface area (Å²) in [7, 11) is 2.06. The van der Waals surface area contributed by atoms with Crippen LogP contribution in [0.15, 0.2) is 30.3 Å². The number of benzene rings is 1. The largest absolute Gasteiger partial charge is 0.493 e. The van der Waals surface area contributed by atoms with Crippen LogP contribution < -0.4 is 15.4 Å². The van der Waals surface area contributed by atoms with Gasteiger partial charge in [0.25, 0.3) is 0 Å². The number of carbonyl (C=O) groups excluding carboxylic acids is 1. The van der Waals surface area contributed by atoms with Crippen molar-refractivity contribution in [3.05, 3.63) is 30.3 Å². The number of nitrogens with one attached hydrogen (secondary N) is 2. The SMILES string of the molecule is CN(CC(=O)NCC1(COc2ccccc2)CC1)C1CCNCC1. The molecule has 0 spiro atoms. The summed E-state index contributed by atoms with van der Waals surface area (Å²) in [6, 6.07) is 10.4. The minimum atomic E-state index is 0.127. The van der Waals surface area contributed by atoms with Crippen molar-refractivity contribution in [2.75, 3.05) is 39.8 Å². The van der Waals surface area contributed by atoms with E-state index in [2.05, 4.69) is 22.6 Å². The van der Waals surface area contributed by atoms with E-state index in [1.807, 2.05) is 30.3 Å². The lowest BCUT2D eigenvalue weighted by Crippen LogP contribution is -2.46. The lowest BCUT2D eigenvalue weighted by molar-refractivity contribution is -0.122. The third kappa shape index (κ3) is 4.95. The standard InChI is InChI=1S/C19H29N3O2/c1-22(16-7-11-20-12-8-16)13-18(23)21-14-19(9-10-19)15-24-17-5-3-2-4-6-17/h2-6,16,20H,7-15H2,1H3,(H,21,23). The first-order valence-electron chi connectivity index (χ1n) is 9.02. The molecule has 1 amide bonds. The molecule has 0 atom stereocenters. The average molecular weight is 331 g/mol. The van der Waals surface area contributed by atoms with E-state index in [1.54, 1.807) is 0 Å². The van der Waals surface area contributed by atoms with Gasteiger partial charge in [-0.2, -0.15) is 0 Å². The first-order chi connectivity index (χ1) is 11.7. The van der Waals surface area contributed by atoms with Crippen LogP contribution >= 0.6 is 0 Å². The molecule has 2 aliphatic rings. The normalized spacial score (nSPS) is 19.9. The topological polar surface area (TPSA) is 53.6 Å². The number of ether oxygens (including phenoxy) is 1. The van der Waals surface area contributed by atoms with Crippen molar-refractivity contribution in [1.82, 2.24) is 15.5 Å². The van der Waals surface area contributed by atoms with E-state index >= 15 is 0 Å². The lowest BCUT2D eigenvalue weighted by Gasteiger charge is -2.31. The van der Waals surface area contributed by atoms with E-state index in [-0.39, 0.29) is 11.3 Å². The molecule has 1 heterocycles. The van der Waals surface area contributed by atoms with Gasteiger partial charge in [-0.05, 0) is 58.0 Å². The van der Waals surface area contributed by atoms with Crippen molar-refractivity contribution in [1.29, 1.82) is 0 Å². The zero-order valence-corrected chi connectivity index (χ0v) is 14.6. The van der Waals surface area contributed by atoms with Crippen LogP contribution in [0.1, 0.15) is 25.7 Å². The molecule has 24 heavy (non-hydrogen) atoms. The van der Waals surface area contributed by atoms with Gasteiger partial charge in [0, 0.05) is 18.0 Å². The molecule has 1 aliphatic carbocycles. The van der Waals surface area contributed by atoms with Gasteiger partial charge in [0.2, 0.25) is 5.91 Å². The first kappa shape index (κ1) is 17.2. The van der Waals surface area contributed by atoms with Gasteiger partial charge in [-0.25, -0.2) is 0 Å². The highest BCUT2D eigenvalue weighted by molar-refractivity contribution is 5.78. The molecule has 2 fully saturated rings. The Labute approximate surface area is 144 Å². The van der Waals surface area contributed by atoms with Crippen LogP contribution in [0, 0.1) is 5.41 Å². The zero-order chi connectivity index (χ0) is 16.8. The summed E-state index contributed by atoms with van der Waals surface area (Å²) >= 11 is 0. The van der Waals surface area contributed by atoms with Crippen molar-refractivity contribution in [2.45, 2.75) is 31.7 Å². The Kier molecular flexibility index (Phi) is 5.74. The maximum Gasteiger partial charge on any atom is 0.234 e. The highest BCUT2D eigenvalue weighted by Crippen LogP contribution is 2.45. The highest BCUT2D eigenvalue weighted by Gasteiger charge is 2.43. The third-order valence-corrected chi connectivity index (χ3v) is 5.23. The van der Waals surface area contributed by atoms with E-state index in [1.165, 1.54) is 0 Å². The Balaban J connectivity index is 1.37. The van der Waals surface area contributed by atoms with E-state index in [0.717, 1.165) is 51.1 Å². The van der Waals surface area contributed by atoms with Crippen LogP contribution in [0.3, 0.4) is 0 Å². The van der Waals surface area contributed by atoms with Crippen LogP contribution in [0.4, 0.5) is 0 Å². The summed E-state index contributed by atoms with van der Waals surface area (Å²) in [4.78, 5) is 14.4. The maximum atomic E-state index is 12.2. The van der Waals surface area contributed by atoms with Crippen LogP contribution in [-0.2, 0) is 4.79 Å². The number of amides is 1. The summed E-state index contributed by atoms with van der Waals surface area (Å²) in [5.74, 6) is 1.03. The predicted octanol–water partition coefficient (Wildman–Crippen LogP) is 1.65. The molecule has 1 saturated carbocycles. The summed E-state index contributed by atoms with van der Waals surface area (Å²) in [6.07, 6.45) is 4.51. The second-order valence-corrected chi connectivity index (χ2v) is 7.27. The molecule has 0 aromatic heterocycles. The maximum absolute atomic E-state index is 12.2. The summed E-state index contributed by atoms with van der Waals surface area (Å²) < 4.78 is 5.87. The smallest absolute Gasteiger partial charge is 0.234 e. The van der Waals surface area contributed by atoms with Crippen LogP contribution in [0.5, 0.6) is 5.75 Å². The summed E-state index contributed by atoms with van der Waals surface area (Å²) in [5.41, 5.74) is 0.138. The number of nitrogens with zero attached hydrogens (tertiary/aromatic N) is 1. The molecule has 1 saturated heterocycles. The molecule has 132 valence electrons. The van der Waals surface area contributed by atoms with Crippen LogP contribution in [-0.4, -0.2) is 56.7 Å². The molecule has 0 radical (unpaired) electrons. The fraction of sp³-hybridized carbons (Fsp3) is 0.632. The number of para-hydroxylation sites is 1. The minimum absolute atomic E-state index is 0.127. The average Bonchev–Trinajstić information content (AvgIpc) is 3.40. The Morgan fingerprint density at radius 3 is 2.67 bits per heavy atom. The van der Waals surface area contributed by atoms with E-state index in [0.29, 0.717) is 19.2 Å². The van der Waals surface area contributed by atoms with E-state index in [9.17, 15) is 4.79 Å². The van der Waals surface area contributed by atoms with Crippen LogP contribution in [0.2, 0.25) is 0 Å². The summed E-state index contributed by atoms with van der Waals surface area (Å²) in [5, 5.41) is 6.48. The minimum Gasteiger partial charge on any atom is -0.493 e. The molecule has 0 unspecified atom stereocenters. The first-order valence-corrected chi connectivity index (χ1v) is 9.02. The highest BCUT2D eigenvalue weighted by atomic mass is 16.5. The Morgan fingerprint density at radius 1 is 1.29 bits per heavy atom. The number of rotatable bonds is 8. The molecule has 5 nitrogen and oxygen atoms in total. The monoisotopic (exact) mass is 331 g/mol. The Bertz CT molecular complexity index is 525. The van der Waals surface area contributed by atoms with Gasteiger partial charge in [0.15, 0.2) is 0 Å². The van der Waals surface area contributed by atoms with E-state index < -0.39 is 0 Å². The number of carbonyl (C=O) groups is 1. The Morgan fingerprint density at radius 2 is 2.00 bits per heavy atom. The van der Waals surface area contributed by atoms with Gasteiger partial charge in [-0.3, -0.25) is 9.69 Å². The quantitative estimate of drug-likeness (QED) is 0.760. The van der Waals surface area contributed by atoms with Gasteiger partial charge in [-0.15, -0.1) is 0 Å². The third-order valence-electron chi connectivity index (χ3n) is 5.23. The molecular formula is C19H29N3O2. The molecule has 3 rings (SSSR count). The second-order valence-electron chi connectivity index (χ2n) is 7.27. The molecule has 0 bridgehead atoms. The van der Waals surface area contributed by atoms with Crippen molar-refractivity contribution in [3.63, 3.8) is 0 Å². The van der Waals surface area contributed by atoms with Gasteiger partial charge >= 0.3 is 0 Å². The van der Waals surface area contributed by atoms with Gasteiger partial charge in [0.05, 0.1) is 13.2 Å². The molecule has 1 aromatic rings. The second kappa shape index (κ2) is 7.99. The van der Waals surface area contributed by atoms with Gasteiger partial charge in [0.1, 0.15) is 5.75 Å². The van der Waals surface area contributed by atoms with Crippen LogP contribution in [0.25, 0.3) is 0 Å². The van der Waals surface area contributed by atoms with Crippen molar-refractivity contribution < 1.29 is 9.53 Å². The van der Waals surface area contributed by atoms with Crippen molar-refractivity contribution in [3.8, 4) is 5.75 Å². The fourth-order valence-corrected chi connectivity index (χ4v) is 3.25. The predicted molar refractivity (Wildman–Crippen MR) is 95.1 cm³/mol. The molecule has 5 heteroatoms.